The van der Waals surface area contributed by atoms with Crippen LogP contribution >= 0.6 is 0 Å². The SMILES string of the molecule is CC(C)C(=[N-])NC(=O)N1CCC(CCCOc2ccc(CC(NC(=O)OC(C)(C)C)C(=O)N3CCC[C@H]3C(N)=O)cc2)CC1. The van der Waals surface area contributed by atoms with E-state index in [4.69, 9.17) is 15.2 Å². The molecule has 44 heavy (non-hydrogen) atoms. The number of hydrogen-bond donors (Lipinski definition) is 3. The van der Waals surface area contributed by atoms with Gasteiger partial charge in [-0.25, -0.2) is 4.79 Å². The standard InChI is InChI=1S/C32H49N6O6/c1-21(2)27(33)36-30(41)37-17-14-22(15-18-37)8-7-19-43-24-12-10-23(11-13-24)20-25(35-31(42)44-32(3,4)5)29(40)38-16-6-9-26(38)28(34)39/h10-13,21-22,25-26H,6-9,14-20H2,1-5H3,(H4-,33,34,35,36,39,41,42)/q-1/t25?,26-/m0/s1. The molecule has 0 spiro atoms. The number of carbonyl (C=O) groups is 4. The van der Waals surface area contributed by atoms with Gasteiger partial charge < -0.3 is 41.1 Å². The smallest absolute Gasteiger partial charge is 0.408 e. The van der Waals surface area contributed by atoms with Crippen molar-refractivity contribution in [3.05, 3.63) is 35.2 Å². The van der Waals surface area contributed by atoms with Crippen molar-refractivity contribution in [2.45, 2.75) is 97.2 Å². The zero-order valence-electron chi connectivity index (χ0n) is 26.8. The molecule has 0 aliphatic carbocycles. The highest BCUT2D eigenvalue weighted by molar-refractivity contribution is 6.00. The number of ether oxygens (including phenoxy) is 2. The van der Waals surface area contributed by atoms with Crippen LogP contribution in [0.3, 0.4) is 0 Å². The molecule has 1 unspecified atom stereocenters. The highest BCUT2D eigenvalue weighted by atomic mass is 16.6. The molecular weight excluding hydrogens is 564 g/mol. The predicted octanol–water partition coefficient (Wildman–Crippen LogP) is 3.80. The van der Waals surface area contributed by atoms with E-state index in [0.29, 0.717) is 50.8 Å². The Morgan fingerprint density at radius 1 is 1.05 bits per heavy atom. The summed E-state index contributed by atoms with van der Waals surface area (Å²) in [5, 5.41) is 15.1. The van der Waals surface area contributed by atoms with E-state index in [-0.39, 0.29) is 30.1 Å². The molecule has 12 heteroatoms. The molecule has 2 saturated heterocycles. The van der Waals surface area contributed by atoms with Crippen LogP contribution in [0.5, 0.6) is 5.75 Å². The second-order valence-corrected chi connectivity index (χ2v) is 13.0. The lowest BCUT2D eigenvalue weighted by Gasteiger charge is -2.35. The maximum Gasteiger partial charge on any atom is 0.408 e. The van der Waals surface area contributed by atoms with Gasteiger partial charge in [0, 0.05) is 26.1 Å². The van der Waals surface area contributed by atoms with Crippen molar-refractivity contribution in [3.63, 3.8) is 0 Å². The first kappa shape index (κ1) is 34.7. The second-order valence-electron chi connectivity index (χ2n) is 13.0. The summed E-state index contributed by atoms with van der Waals surface area (Å²) < 4.78 is 11.3. The number of carbonyl (C=O) groups excluding carboxylic acids is 4. The molecule has 4 N–H and O–H groups in total. The average Bonchev–Trinajstić information content (AvgIpc) is 3.45. The number of amides is 5. The molecule has 1 aromatic rings. The first-order valence-electron chi connectivity index (χ1n) is 15.7. The third-order valence-electron chi connectivity index (χ3n) is 7.93. The van der Waals surface area contributed by atoms with E-state index in [1.165, 1.54) is 4.90 Å². The van der Waals surface area contributed by atoms with E-state index in [1.807, 2.05) is 38.1 Å². The normalized spacial score (nSPS) is 18.1. The summed E-state index contributed by atoms with van der Waals surface area (Å²) in [4.78, 5) is 53.4. The number of alkyl carbamates (subject to hydrolysis) is 1. The Balaban J connectivity index is 1.47. The van der Waals surface area contributed by atoms with Crippen molar-refractivity contribution >= 4 is 29.8 Å². The van der Waals surface area contributed by atoms with Gasteiger partial charge in [-0.3, -0.25) is 14.4 Å². The average molecular weight is 614 g/mol. The maximum absolute atomic E-state index is 13.4. The van der Waals surface area contributed by atoms with E-state index in [0.717, 1.165) is 31.2 Å². The monoisotopic (exact) mass is 613 g/mol. The number of nitrogens with one attached hydrogen (secondary N) is 2. The van der Waals surface area contributed by atoms with Crippen LogP contribution in [0, 0.1) is 11.8 Å². The highest BCUT2D eigenvalue weighted by Gasteiger charge is 2.37. The molecule has 12 nitrogen and oxygen atoms in total. The van der Waals surface area contributed by atoms with Crippen LogP contribution in [0.4, 0.5) is 9.59 Å². The minimum absolute atomic E-state index is 0.00602. The third kappa shape index (κ3) is 10.7. The van der Waals surface area contributed by atoms with Crippen LogP contribution in [0.25, 0.3) is 5.41 Å². The number of benzene rings is 1. The van der Waals surface area contributed by atoms with Crippen molar-refractivity contribution in [2.24, 2.45) is 17.6 Å². The van der Waals surface area contributed by atoms with Gasteiger partial charge in [-0.05, 0) is 88.8 Å². The van der Waals surface area contributed by atoms with Crippen LogP contribution < -0.4 is 21.1 Å². The quantitative estimate of drug-likeness (QED) is 0.195. The van der Waals surface area contributed by atoms with Gasteiger partial charge in [-0.15, -0.1) is 0 Å². The highest BCUT2D eigenvalue weighted by Crippen LogP contribution is 2.23. The predicted molar refractivity (Wildman–Crippen MR) is 168 cm³/mol. The number of nitrogens with zero attached hydrogens (tertiary/aromatic N) is 3. The number of urea groups is 1. The van der Waals surface area contributed by atoms with Crippen LogP contribution in [0.1, 0.15) is 78.7 Å². The Labute approximate surface area is 260 Å². The van der Waals surface area contributed by atoms with Gasteiger partial charge in [0.2, 0.25) is 17.8 Å². The van der Waals surface area contributed by atoms with E-state index in [2.05, 4.69) is 10.6 Å². The molecular formula is C32H49N6O6-. The van der Waals surface area contributed by atoms with Gasteiger partial charge in [0.15, 0.2) is 0 Å². The van der Waals surface area contributed by atoms with Gasteiger partial charge in [-0.1, -0.05) is 31.8 Å². The van der Waals surface area contributed by atoms with Gasteiger partial charge in [-0.2, -0.15) is 0 Å². The Morgan fingerprint density at radius 2 is 1.70 bits per heavy atom. The summed E-state index contributed by atoms with van der Waals surface area (Å²) in [5.41, 5.74) is 5.61. The number of nitrogens with two attached hydrogens (primary N) is 1. The number of primary amides is 1. The fraction of sp³-hybridized carbons (Fsp3) is 0.656. The second kappa shape index (κ2) is 15.8. The molecule has 244 valence electrons. The van der Waals surface area contributed by atoms with E-state index >= 15 is 0 Å². The van der Waals surface area contributed by atoms with Crippen LogP contribution in [-0.4, -0.2) is 83.5 Å². The minimum atomic E-state index is -0.923. The van der Waals surface area contributed by atoms with Crippen molar-refractivity contribution < 1.29 is 28.7 Å². The molecule has 2 atom stereocenters. The molecule has 0 saturated carbocycles. The molecule has 2 heterocycles. The number of piperidine rings is 1. The van der Waals surface area contributed by atoms with Crippen molar-refractivity contribution in [1.29, 1.82) is 0 Å². The first-order valence-corrected chi connectivity index (χ1v) is 15.7. The molecule has 5 amide bonds. The number of amidine groups is 1. The number of hydrogen-bond acceptors (Lipinski definition) is 6. The zero-order chi connectivity index (χ0) is 32.4. The summed E-state index contributed by atoms with van der Waals surface area (Å²) in [6.07, 6.45) is 4.40. The molecule has 2 aliphatic rings. The number of rotatable bonds is 11. The topological polar surface area (TPSA) is 166 Å². The van der Waals surface area contributed by atoms with Gasteiger partial charge >= 0.3 is 6.09 Å². The molecule has 2 aliphatic heterocycles. The first-order chi connectivity index (χ1) is 20.7. The summed E-state index contributed by atoms with van der Waals surface area (Å²) in [5.74, 6) is 0.183. The van der Waals surface area contributed by atoms with E-state index in [9.17, 15) is 24.6 Å². The lowest BCUT2D eigenvalue weighted by molar-refractivity contribution is -0.139. The van der Waals surface area contributed by atoms with Crippen molar-refractivity contribution in [1.82, 2.24) is 20.4 Å². The maximum atomic E-state index is 13.4. The molecule has 2 fully saturated rings. The molecule has 0 aromatic heterocycles. The zero-order valence-corrected chi connectivity index (χ0v) is 26.8. The van der Waals surface area contributed by atoms with Crippen molar-refractivity contribution in [3.8, 4) is 5.75 Å². The Bertz CT molecular complexity index is 1160. The van der Waals surface area contributed by atoms with E-state index < -0.39 is 29.7 Å². The summed E-state index contributed by atoms with van der Waals surface area (Å²) in [7, 11) is 0. The fourth-order valence-electron chi connectivity index (χ4n) is 5.45. The summed E-state index contributed by atoms with van der Waals surface area (Å²) in [6, 6.07) is 5.54. The van der Waals surface area contributed by atoms with Gasteiger partial charge in [0.05, 0.1) is 6.61 Å². The summed E-state index contributed by atoms with van der Waals surface area (Å²) >= 11 is 0. The third-order valence-corrected chi connectivity index (χ3v) is 7.93. The lowest BCUT2D eigenvalue weighted by atomic mass is 9.92. The lowest BCUT2D eigenvalue weighted by Crippen LogP contribution is -2.54. The van der Waals surface area contributed by atoms with Crippen molar-refractivity contribution in [2.75, 3.05) is 26.2 Å². The molecule has 1 aromatic carbocycles. The Kier molecular flexibility index (Phi) is 12.4. The molecule has 0 radical (unpaired) electrons. The Hall–Kier alpha value is -3.83. The summed E-state index contributed by atoms with van der Waals surface area (Å²) in [6.45, 7) is 11.2. The Morgan fingerprint density at radius 3 is 2.30 bits per heavy atom. The molecule has 0 bridgehead atoms. The molecule has 3 rings (SSSR count). The van der Waals surface area contributed by atoms with Gasteiger partial charge in [0.25, 0.3) is 0 Å². The largest absolute Gasteiger partial charge is 0.494 e. The van der Waals surface area contributed by atoms with Crippen LogP contribution in [0.15, 0.2) is 24.3 Å². The number of likely N-dealkylation sites (tertiary alicyclic amines) is 2. The van der Waals surface area contributed by atoms with Crippen LogP contribution in [0.2, 0.25) is 0 Å². The van der Waals surface area contributed by atoms with Gasteiger partial charge in [0.1, 0.15) is 23.4 Å². The van der Waals surface area contributed by atoms with E-state index in [1.54, 1.807) is 25.7 Å². The fourth-order valence-corrected chi connectivity index (χ4v) is 5.45. The minimum Gasteiger partial charge on any atom is -0.494 e. The van der Waals surface area contributed by atoms with Crippen LogP contribution in [-0.2, 0) is 20.7 Å².